The van der Waals surface area contributed by atoms with Gasteiger partial charge in [-0.2, -0.15) is 0 Å². The van der Waals surface area contributed by atoms with Gasteiger partial charge in [-0.1, -0.05) is 30.3 Å². The van der Waals surface area contributed by atoms with Crippen molar-refractivity contribution in [2.24, 2.45) is 0 Å². The van der Waals surface area contributed by atoms with E-state index in [1.165, 1.54) is 6.07 Å². The van der Waals surface area contributed by atoms with Crippen LogP contribution in [0.5, 0.6) is 0 Å². The molecular weight excluding hydrogens is 254 g/mol. The minimum atomic E-state index is -1.23. The summed E-state index contributed by atoms with van der Waals surface area (Å²) in [7, 11) is 0. The van der Waals surface area contributed by atoms with Gasteiger partial charge in [0.15, 0.2) is 0 Å². The Labute approximate surface area is 151 Å². The van der Waals surface area contributed by atoms with Gasteiger partial charge in [-0.25, -0.2) is 9.59 Å². The molecule has 2 N–H and O–H groups in total. The molecule has 2 aromatic rings. The summed E-state index contributed by atoms with van der Waals surface area (Å²) in [5.74, 6) is -2.46. The summed E-state index contributed by atoms with van der Waals surface area (Å²) in [5.41, 5.74) is -0.350. The molecule has 18 heavy (non-hydrogen) atoms. The average molecular weight is 264 g/mol. The maximum absolute atomic E-state index is 11.1. The van der Waals surface area contributed by atoms with Crippen molar-refractivity contribution < 1.29 is 81.8 Å². The van der Waals surface area contributed by atoms with Crippen LogP contribution in [0, 0.1) is 0 Å². The Morgan fingerprint density at radius 2 is 1.50 bits per heavy atom. The molecule has 0 aromatic heterocycles. The Bertz CT molecular complexity index is 605. The minimum Gasteiger partial charge on any atom is -1.00 e. The summed E-state index contributed by atoms with van der Waals surface area (Å²) >= 11 is 0. The number of hydrogen-bond donors (Lipinski definition) is 2. The zero-order chi connectivity index (χ0) is 11.7. The molecule has 6 heteroatoms. The first-order valence-corrected chi connectivity index (χ1v) is 4.59. The number of carboxylic acids is 2. The van der Waals surface area contributed by atoms with Crippen LogP contribution in [0.3, 0.4) is 0 Å². The third-order valence-electron chi connectivity index (χ3n) is 2.37. The van der Waals surface area contributed by atoms with Crippen molar-refractivity contribution in [2.75, 3.05) is 0 Å². The second-order valence-corrected chi connectivity index (χ2v) is 3.32. The minimum absolute atomic E-state index is 0. The molecule has 0 aliphatic carbocycles. The number of hydrogen-bond acceptors (Lipinski definition) is 2. The van der Waals surface area contributed by atoms with Gasteiger partial charge in [0.25, 0.3) is 0 Å². The van der Waals surface area contributed by atoms with Gasteiger partial charge in [-0.05, 0) is 16.8 Å². The predicted octanol–water partition coefficient (Wildman–Crippen LogP) is -3.53. The fraction of sp³-hybridized carbons (Fsp3) is 0. The average Bonchev–Trinajstić information content (AvgIpc) is 2.27. The second-order valence-electron chi connectivity index (χ2n) is 3.32. The SMILES string of the molecule is O=C(O)c1ccc2ccccc2c1C(=O)O.[H-].[H-].[Na+].[Na+]. The summed E-state index contributed by atoms with van der Waals surface area (Å²) < 4.78 is 0. The Morgan fingerprint density at radius 3 is 2.06 bits per heavy atom. The predicted molar refractivity (Wildman–Crippen MR) is 60.1 cm³/mol. The van der Waals surface area contributed by atoms with Gasteiger partial charge >= 0.3 is 71.1 Å². The number of rotatable bonds is 2. The molecule has 84 valence electrons. The van der Waals surface area contributed by atoms with Crippen molar-refractivity contribution in [1.29, 1.82) is 0 Å². The van der Waals surface area contributed by atoms with Crippen LogP contribution >= 0.6 is 0 Å². The van der Waals surface area contributed by atoms with Crippen LogP contribution < -0.4 is 59.1 Å². The van der Waals surface area contributed by atoms with Crippen molar-refractivity contribution in [1.82, 2.24) is 0 Å². The third-order valence-corrected chi connectivity index (χ3v) is 2.37. The number of benzene rings is 2. The summed E-state index contributed by atoms with van der Waals surface area (Å²) in [5, 5.41) is 19.1. The van der Waals surface area contributed by atoms with E-state index in [1.54, 1.807) is 30.3 Å². The smallest absolute Gasteiger partial charge is 1.00 e. The van der Waals surface area contributed by atoms with Crippen molar-refractivity contribution in [2.45, 2.75) is 0 Å². The molecule has 0 saturated heterocycles. The van der Waals surface area contributed by atoms with E-state index in [2.05, 4.69) is 0 Å². The van der Waals surface area contributed by atoms with E-state index in [1.807, 2.05) is 0 Å². The zero-order valence-corrected chi connectivity index (χ0v) is 14.2. The van der Waals surface area contributed by atoms with Crippen LogP contribution in [0.1, 0.15) is 23.6 Å². The molecule has 0 aliphatic rings. The number of fused-ring (bicyclic) bond motifs is 1. The van der Waals surface area contributed by atoms with Crippen LogP contribution in [0.15, 0.2) is 36.4 Å². The van der Waals surface area contributed by atoms with Crippen molar-refractivity contribution >= 4 is 22.7 Å². The summed E-state index contributed by atoms with van der Waals surface area (Å²) in [6.45, 7) is 0. The van der Waals surface area contributed by atoms with Gasteiger partial charge in [0.1, 0.15) is 0 Å². The van der Waals surface area contributed by atoms with E-state index in [0.29, 0.717) is 10.8 Å². The molecule has 0 unspecified atom stereocenters. The van der Waals surface area contributed by atoms with Crippen molar-refractivity contribution in [3.63, 3.8) is 0 Å². The Hall–Kier alpha value is -0.360. The molecular formula is C12H10Na2O4. The molecule has 0 heterocycles. The standard InChI is InChI=1S/C12H8O4.2Na.2H/c13-11(14)9-6-5-7-3-1-2-4-8(7)10(9)12(15)16;;;;/h1-6H,(H,13,14)(H,15,16);;;;/q;2*+1;2*-1. The monoisotopic (exact) mass is 264 g/mol. The maximum Gasteiger partial charge on any atom is 1.00 e. The van der Waals surface area contributed by atoms with Gasteiger partial charge in [-0.15, -0.1) is 0 Å². The summed E-state index contributed by atoms with van der Waals surface area (Å²) in [6.07, 6.45) is 0. The number of carboxylic acid groups (broad SMARTS) is 2. The van der Waals surface area contributed by atoms with Gasteiger partial charge in [0, 0.05) is 0 Å². The molecule has 0 radical (unpaired) electrons. The molecule has 0 fully saturated rings. The normalized spacial score (nSPS) is 9.11. The quantitative estimate of drug-likeness (QED) is 0.551. The van der Waals surface area contributed by atoms with Gasteiger partial charge in [0.2, 0.25) is 0 Å². The second kappa shape index (κ2) is 7.28. The van der Waals surface area contributed by atoms with Gasteiger partial charge in [-0.3, -0.25) is 0 Å². The molecule has 0 bridgehead atoms. The van der Waals surface area contributed by atoms with Gasteiger partial charge < -0.3 is 13.1 Å². The van der Waals surface area contributed by atoms with E-state index >= 15 is 0 Å². The fourth-order valence-electron chi connectivity index (χ4n) is 1.68. The molecule has 0 amide bonds. The first-order chi connectivity index (χ1) is 7.61. The first-order valence-electron chi connectivity index (χ1n) is 4.59. The largest absolute Gasteiger partial charge is 1.00 e. The van der Waals surface area contributed by atoms with Crippen molar-refractivity contribution in [3.8, 4) is 0 Å². The van der Waals surface area contributed by atoms with E-state index in [0.717, 1.165) is 0 Å². The van der Waals surface area contributed by atoms with E-state index in [4.69, 9.17) is 10.2 Å². The van der Waals surface area contributed by atoms with Gasteiger partial charge in [0.05, 0.1) is 11.1 Å². The first kappa shape index (κ1) is 17.6. The van der Waals surface area contributed by atoms with E-state index < -0.39 is 11.9 Å². The molecule has 0 spiro atoms. The fourth-order valence-corrected chi connectivity index (χ4v) is 1.68. The molecule has 0 atom stereocenters. The Kier molecular flexibility index (Phi) is 7.14. The summed E-state index contributed by atoms with van der Waals surface area (Å²) in [4.78, 5) is 22.0. The van der Waals surface area contributed by atoms with E-state index in [-0.39, 0.29) is 73.1 Å². The zero-order valence-electron chi connectivity index (χ0n) is 12.2. The van der Waals surface area contributed by atoms with Crippen LogP contribution in [0.25, 0.3) is 10.8 Å². The molecule has 0 aliphatic heterocycles. The summed E-state index contributed by atoms with van der Waals surface area (Å²) in [6, 6.07) is 9.72. The van der Waals surface area contributed by atoms with Crippen LogP contribution in [-0.4, -0.2) is 22.2 Å². The van der Waals surface area contributed by atoms with E-state index in [9.17, 15) is 9.59 Å². The third kappa shape index (κ3) is 3.35. The van der Waals surface area contributed by atoms with Crippen LogP contribution in [-0.2, 0) is 0 Å². The number of carbonyl (C=O) groups is 2. The molecule has 2 aromatic carbocycles. The van der Waals surface area contributed by atoms with Crippen LogP contribution in [0.2, 0.25) is 0 Å². The van der Waals surface area contributed by atoms with Crippen molar-refractivity contribution in [3.05, 3.63) is 47.5 Å². The topological polar surface area (TPSA) is 74.6 Å². The van der Waals surface area contributed by atoms with Crippen LogP contribution in [0.4, 0.5) is 0 Å². The molecule has 4 nitrogen and oxygen atoms in total. The Balaban J connectivity index is -0.000000722. The number of aromatic carboxylic acids is 2. The Morgan fingerprint density at radius 1 is 0.889 bits per heavy atom. The molecule has 0 saturated carbocycles. The maximum atomic E-state index is 11.1. The molecule has 2 rings (SSSR count).